The molecular weight excluding hydrogens is 280 g/mol. The number of anilines is 1. The van der Waals surface area contributed by atoms with Crippen LogP contribution in [0.4, 0.5) is 5.82 Å². The summed E-state index contributed by atoms with van der Waals surface area (Å²) in [5, 5.41) is 4.17. The molecule has 0 spiro atoms. The van der Waals surface area contributed by atoms with Crippen LogP contribution in [0.5, 0.6) is 0 Å². The summed E-state index contributed by atoms with van der Waals surface area (Å²) in [4.78, 5) is 24.7. The van der Waals surface area contributed by atoms with E-state index < -0.39 is 0 Å². The first-order chi connectivity index (χ1) is 10.6. The second-order valence-electron chi connectivity index (χ2n) is 5.68. The summed E-state index contributed by atoms with van der Waals surface area (Å²) in [5.41, 5.74) is 0. The average Bonchev–Trinajstić information content (AvgIpc) is 3.09. The second kappa shape index (κ2) is 6.13. The highest BCUT2D eigenvalue weighted by Gasteiger charge is 2.26. The van der Waals surface area contributed by atoms with Gasteiger partial charge in [0.1, 0.15) is 5.82 Å². The summed E-state index contributed by atoms with van der Waals surface area (Å²) < 4.78 is 1.69. The lowest BCUT2D eigenvalue weighted by Crippen LogP contribution is -2.40. The Morgan fingerprint density at radius 1 is 1.23 bits per heavy atom. The van der Waals surface area contributed by atoms with Gasteiger partial charge in [0, 0.05) is 45.5 Å². The summed E-state index contributed by atoms with van der Waals surface area (Å²) in [5.74, 6) is 1.88. The van der Waals surface area contributed by atoms with Crippen LogP contribution < -0.4 is 4.90 Å². The molecule has 2 aromatic rings. The normalized spacial score (nSPS) is 15.8. The van der Waals surface area contributed by atoms with Gasteiger partial charge in [-0.1, -0.05) is 0 Å². The van der Waals surface area contributed by atoms with Crippen molar-refractivity contribution in [1.82, 2.24) is 24.6 Å². The standard InChI is InChI=1S/C15H20N6O/c1-19(2)15(22)12-4-8-20(9-5-12)13-10-16-11-14(18-13)21-7-3-6-17-21/h3,6-7,10-12H,4-5,8-9H2,1-2H3. The maximum Gasteiger partial charge on any atom is 0.225 e. The molecular formula is C15H20N6O. The maximum absolute atomic E-state index is 12.0. The molecule has 116 valence electrons. The Kier molecular flexibility index (Phi) is 4.04. The van der Waals surface area contributed by atoms with Crippen LogP contribution in [0.2, 0.25) is 0 Å². The van der Waals surface area contributed by atoms with Gasteiger partial charge in [0.05, 0.1) is 12.4 Å². The lowest BCUT2D eigenvalue weighted by molar-refractivity contribution is -0.133. The van der Waals surface area contributed by atoms with E-state index in [2.05, 4.69) is 20.0 Å². The highest BCUT2D eigenvalue weighted by Crippen LogP contribution is 2.23. The number of hydrogen-bond donors (Lipinski definition) is 0. The summed E-state index contributed by atoms with van der Waals surface area (Å²) in [7, 11) is 3.63. The SMILES string of the molecule is CN(C)C(=O)C1CCN(c2cncc(-n3cccn3)n2)CC1. The first kappa shape index (κ1) is 14.5. The molecule has 1 amide bonds. The van der Waals surface area contributed by atoms with Crippen LogP contribution in [0.15, 0.2) is 30.9 Å². The third-order valence-electron chi connectivity index (χ3n) is 3.96. The Balaban J connectivity index is 1.69. The van der Waals surface area contributed by atoms with Crippen molar-refractivity contribution in [3.05, 3.63) is 30.9 Å². The van der Waals surface area contributed by atoms with E-state index in [9.17, 15) is 4.79 Å². The Morgan fingerprint density at radius 3 is 2.59 bits per heavy atom. The van der Waals surface area contributed by atoms with Gasteiger partial charge in [0.25, 0.3) is 0 Å². The zero-order chi connectivity index (χ0) is 15.5. The van der Waals surface area contributed by atoms with Gasteiger partial charge in [-0.2, -0.15) is 5.10 Å². The lowest BCUT2D eigenvalue weighted by atomic mass is 9.95. The molecule has 3 heterocycles. The highest BCUT2D eigenvalue weighted by molar-refractivity contribution is 5.78. The van der Waals surface area contributed by atoms with Crippen LogP contribution in [0, 0.1) is 5.92 Å². The van der Waals surface area contributed by atoms with Crippen LogP contribution in [-0.2, 0) is 4.79 Å². The van der Waals surface area contributed by atoms with Gasteiger partial charge in [0.2, 0.25) is 5.91 Å². The molecule has 0 aliphatic carbocycles. The van der Waals surface area contributed by atoms with Crippen molar-refractivity contribution in [1.29, 1.82) is 0 Å². The van der Waals surface area contributed by atoms with Crippen molar-refractivity contribution < 1.29 is 4.79 Å². The predicted molar refractivity (Wildman–Crippen MR) is 82.8 cm³/mol. The third kappa shape index (κ3) is 2.93. The van der Waals surface area contributed by atoms with Gasteiger partial charge in [-0.05, 0) is 18.9 Å². The fourth-order valence-corrected chi connectivity index (χ4v) is 2.73. The summed E-state index contributed by atoms with van der Waals surface area (Å²) in [6.45, 7) is 1.64. The van der Waals surface area contributed by atoms with Crippen molar-refractivity contribution in [2.24, 2.45) is 5.92 Å². The molecule has 0 saturated carbocycles. The van der Waals surface area contributed by atoms with E-state index in [1.165, 1.54) is 0 Å². The molecule has 3 rings (SSSR count). The van der Waals surface area contributed by atoms with Gasteiger partial charge in [-0.15, -0.1) is 0 Å². The molecule has 0 bridgehead atoms. The molecule has 0 N–H and O–H groups in total. The van der Waals surface area contributed by atoms with Gasteiger partial charge in [0.15, 0.2) is 5.82 Å². The van der Waals surface area contributed by atoms with Crippen molar-refractivity contribution in [2.75, 3.05) is 32.1 Å². The molecule has 22 heavy (non-hydrogen) atoms. The fraction of sp³-hybridized carbons (Fsp3) is 0.467. The van der Waals surface area contributed by atoms with E-state index in [0.29, 0.717) is 5.82 Å². The Hall–Kier alpha value is -2.44. The van der Waals surface area contributed by atoms with Gasteiger partial charge >= 0.3 is 0 Å². The molecule has 0 unspecified atom stereocenters. The number of carbonyl (C=O) groups excluding carboxylic acids is 1. The highest BCUT2D eigenvalue weighted by atomic mass is 16.2. The zero-order valence-electron chi connectivity index (χ0n) is 12.9. The van der Waals surface area contributed by atoms with Gasteiger partial charge in [-0.3, -0.25) is 9.78 Å². The molecule has 1 saturated heterocycles. The Morgan fingerprint density at radius 2 is 1.95 bits per heavy atom. The molecule has 1 aliphatic heterocycles. The third-order valence-corrected chi connectivity index (χ3v) is 3.96. The van der Waals surface area contributed by atoms with Crippen molar-refractivity contribution >= 4 is 11.7 Å². The minimum absolute atomic E-state index is 0.119. The van der Waals surface area contributed by atoms with Crippen LogP contribution in [0.25, 0.3) is 5.82 Å². The number of hydrogen-bond acceptors (Lipinski definition) is 5. The van der Waals surface area contributed by atoms with E-state index in [1.54, 1.807) is 28.2 Å². The first-order valence-corrected chi connectivity index (χ1v) is 7.43. The second-order valence-corrected chi connectivity index (χ2v) is 5.68. The molecule has 0 radical (unpaired) electrons. The maximum atomic E-state index is 12.0. The summed E-state index contributed by atoms with van der Waals surface area (Å²) in [6.07, 6.45) is 8.72. The lowest BCUT2D eigenvalue weighted by Gasteiger charge is -2.33. The van der Waals surface area contributed by atoms with Crippen molar-refractivity contribution in [3.8, 4) is 5.82 Å². The Labute approximate surface area is 129 Å². The Bertz CT molecular complexity index is 631. The molecule has 0 aromatic carbocycles. The number of rotatable bonds is 3. The summed E-state index contributed by atoms with van der Waals surface area (Å²) >= 11 is 0. The van der Waals surface area contributed by atoms with Crippen molar-refractivity contribution in [3.63, 3.8) is 0 Å². The van der Waals surface area contributed by atoms with Crippen LogP contribution in [0.1, 0.15) is 12.8 Å². The van der Waals surface area contributed by atoms with E-state index in [4.69, 9.17) is 0 Å². The van der Waals surface area contributed by atoms with E-state index in [1.807, 2.05) is 26.4 Å². The quantitative estimate of drug-likeness (QED) is 0.845. The molecule has 0 atom stereocenters. The number of aromatic nitrogens is 4. The molecule has 2 aromatic heterocycles. The monoisotopic (exact) mass is 300 g/mol. The number of amides is 1. The number of nitrogens with zero attached hydrogens (tertiary/aromatic N) is 6. The van der Waals surface area contributed by atoms with E-state index in [0.717, 1.165) is 31.7 Å². The minimum Gasteiger partial charge on any atom is -0.355 e. The minimum atomic E-state index is 0.119. The summed E-state index contributed by atoms with van der Waals surface area (Å²) in [6, 6.07) is 1.85. The topological polar surface area (TPSA) is 67.2 Å². The van der Waals surface area contributed by atoms with Crippen LogP contribution in [0.3, 0.4) is 0 Å². The zero-order valence-corrected chi connectivity index (χ0v) is 12.9. The molecule has 7 heteroatoms. The number of carbonyl (C=O) groups is 1. The largest absolute Gasteiger partial charge is 0.355 e. The molecule has 1 fully saturated rings. The molecule has 7 nitrogen and oxygen atoms in total. The van der Waals surface area contributed by atoms with E-state index in [-0.39, 0.29) is 11.8 Å². The first-order valence-electron chi connectivity index (χ1n) is 7.43. The van der Waals surface area contributed by atoms with E-state index >= 15 is 0 Å². The van der Waals surface area contributed by atoms with Crippen LogP contribution >= 0.6 is 0 Å². The van der Waals surface area contributed by atoms with Gasteiger partial charge < -0.3 is 9.80 Å². The average molecular weight is 300 g/mol. The van der Waals surface area contributed by atoms with Crippen LogP contribution in [-0.4, -0.2) is 57.7 Å². The predicted octanol–water partition coefficient (Wildman–Crippen LogP) is 0.967. The molecule has 1 aliphatic rings. The van der Waals surface area contributed by atoms with Crippen molar-refractivity contribution in [2.45, 2.75) is 12.8 Å². The van der Waals surface area contributed by atoms with Gasteiger partial charge in [-0.25, -0.2) is 9.67 Å². The smallest absolute Gasteiger partial charge is 0.225 e. The number of piperidine rings is 1. The fourth-order valence-electron chi connectivity index (χ4n) is 2.73.